The number of nitrogens with one attached hydrogen (secondary N) is 1. The molecule has 1 saturated carbocycles. The first-order chi connectivity index (χ1) is 20.3. The van der Waals surface area contributed by atoms with Gasteiger partial charge in [-0.05, 0) is 99.5 Å². The monoisotopic (exact) mass is 592 g/mol. The highest BCUT2D eigenvalue weighted by atomic mass is 32.1. The minimum atomic E-state index is -0.630. The minimum Gasteiger partial charge on any atom is -0.497 e. The smallest absolute Gasteiger partial charge is 0.254 e. The summed E-state index contributed by atoms with van der Waals surface area (Å²) >= 11 is 1.78. The Morgan fingerprint density at radius 2 is 1.81 bits per heavy atom. The summed E-state index contributed by atoms with van der Waals surface area (Å²) in [6.45, 7) is 3.99. The SMILES string of the molecule is COc1cccc(CN(Cc2ccc(C)s2)C2CCN(C(=O)c3ccc(F)cc3)[C@@H](C(=O)NC3CCC(N)CC3)C2)c1. The number of benzene rings is 2. The van der Waals surface area contributed by atoms with Crippen LogP contribution < -0.4 is 15.8 Å². The molecule has 2 aromatic carbocycles. The van der Waals surface area contributed by atoms with Crippen molar-refractivity contribution >= 4 is 23.2 Å². The molecule has 9 heteroatoms. The van der Waals surface area contributed by atoms with Crippen molar-refractivity contribution in [3.05, 3.63) is 87.4 Å². The van der Waals surface area contributed by atoms with Gasteiger partial charge in [-0.3, -0.25) is 14.5 Å². The van der Waals surface area contributed by atoms with E-state index >= 15 is 0 Å². The van der Waals surface area contributed by atoms with Crippen molar-refractivity contribution in [3.8, 4) is 5.75 Å². The molecule has 2 amide bonds. The number of methoxy groups -OCH3 is 1. The number of rotatable bonds is 9. The average Bonchev–Trinajstić information content (AvgIpc) is 3.42. The summed E-state index contributed by atoms with van der Waals surface area (Å²) in [5.74, 6) is 0.0482. The van der Waals surface area contributed by atoms with E-state index in [9.17, 15) is 14.0 Å². The molecule has 1 aliphatic heterocycles. The quantitative estimate of drug-likeness (QED) is 0.354. The molecule has 7 nitrogen and oxygen atoms in total. The van der Waals surface area contributed by atoms with Gasteiger partial charge >= 0.3 is 0 Å². The summed E-state index contributed by atoms with van der Waals surface area (Å²) in [6, 6.07) is 17.7. The number of nitrogens with zero attached hydrogens (tertiary/aromatic N) is 2. The van der Waals surface area contributed by atoms with Crippen LogP contribution in [-0.2, 0) is 17.9 Å². The summed E-state index contributed by atoms with van der Waals surface area (Å²) in [5.41, 5.74) is 7.62. The second-order valence-corrected chi connectivity index (χ2v) is 13.0. The summed E-state index contributed by atoms with van der Waals surface area (Å²) in [6.07, 6.45) is 4.68. The van der Waals surface area contributed by atoms with Crippen LogP contribution in [0.15, 0.2) is 60.7 Å². The highest BCUT2D eigenvalue weighted by Gasteiger charge is 2.39. The molecule has 224 valence electrons. The van der Waals surface area contributed by atoms with E-state index in [1.807, 2.05) is 12.1 Å². The van der Waals surface area contributed by atoms with Crippen LogP contribution in [0.3, 0.4) is 0 Å². The zero-order valence-electron chi connectivity index (χ0n) is 24.4. The standard InChI is InChI=1S/C33H41FN4O3S/c1-22-6-15-30(42-22)21-37(20-23-4-3-5-29(18-23)41-2)28-16-17-38(33(40)24-7-9-25(34)10-8-24)31(19-28)32(39)36-27-13-11-26(35)12-14-27/h3-10,15,18,26-28,31H,11-14,16-17,19-21,35H2,1-2H3,(H,36,39)/t26?,27?,28?,31-/m1/s1. The number of likely N-dealkylation sites (tertiary alicyclic amines) is 1. The lowest BCUT2D eigenvalue weighted by molar-refractivity contribution is -0.128. The van der Waals surface area contributed by atoms with Gasteiger partial charge in [-0.25, -0.2) is 4.39 Å². The van der Waals surface area contributed by atoms with Gasteiger partial charge in [-0.1, -0.05) is 12.1 Å². The lowest BCUT2D eigenvalue weighted by atomic mass is 9.90. The second kappa shape index (κ2) is 13.8. The number of piperidine rings is 1. The van der Waals surface area contributed by atoms with Crippen LogP contribution in [-0.4, -0.2) is 59.4 Å². The lowest BCUT2D eigenvalue weighted by Gasteiger charge is -2.43. The number of aryl methyl sites for hydroxylation is 1. The van der Waals surface area contributed by atoms with Crippen molar-refractivity contribution < 1.29 is 18.7 Å². The van der Waals surface area contributed by atoms with Crippen molar-refractivity contribution in [2.24, 2.45) is 5.73 Å². The average molecular weight is 593 g/mol. The normalized spacial score (nSPS) is 22.6. The van der Waals surface area contributed by atoms with Gasteiger partial charge in [-0.15, -0.1) is 11.3 Å². The fraction of sp³-hybridized carbons (Fsp3) is 0.455. The zero-order chi connectivity index (χ0) is 29.6. The Bertz CT molecular complexity index is 1360. The molecule has 1 unspecified atom stereocenters. The molecule has 0 radical (unpaired) electrons. The number of amides is 2. The third-order valence-corrected chi connectivity index (χ3v) is 9.52. The fourth-order valence-electron chi connectivity index (χ4n) is 6.18. The number of carbonyl (C=O) groups is 2. The van der Waals surface area contributed by atoms with Gasteiger partial charge in [0.2, 0.25) is 5.91 Å². The molecule has 2 aliphatic rings. The fourth-order valence-corrected chi connectivity index (χ4v) is 7.10. The van der Waals surface area contributed by atoms with Crippen molar-refractivity contribution in [3.63, 3.8) is 0 Å². The largest absolute Gasteiger partial charge is 0.497 e. The number of carbonyl (C=O) groups excluding carboxylic acids is 2. The van der Waals surface area contributed by atoms with E-state index in [0.717, 1.165) is 50.0 Å². The maximum atomic E-state index is 13.9. The Hall–Kier alpha value is -3.27. The maximum absolute atomic E-state index is 13.9. The molecule has 5 rings (SSSR count). The Balaban J connectivity index is 1.40. The number of hydrogen-bond donors (Lipinski definition) is 2. The summed E-state index contributed by atoms with van der Waals surface area (Å²) in [5, 5.41) is 3.25. The number of halogens is 1. The molecule has 1 saturated heterocycles. The van der Waals surface area contributed by atoms with Crippen LogP contribution in [0.5, 0.6) is 5.75 Å². The van der Waals surface area contributed by atoms with Gasteiger partial charge in [0.1, 0.15) is 17.6 Å². The van der Waals surface area contributed by atoms with E-state index in [0.29, 0.717) is 25.1 Å². The van der Waals surface area contributed by atoms with Crippen molar-refractivity contribution in [2.75, 3.05) is 13.7 Å². The van der Waals surface area contributed by atoms with Crippen LogP contribution in [0.2, 0.25) is 0 Å². The molecular formula is C33H41FN4O3S. The Morgan fingerprint density at radius 3 is 2.50 bits per heavy atom. The first kappa shape index (κ1) is 30.2. The Morgan fingerprint density at radius 1 is 1.05 bits per heavy atom. The number of hydrogen-bond acceptors (Lipinski definition) is 6. The highest BCUT2D eigenvalue weighted by Crippen LogP contribution is 2.29. The van der Waals surface area contributed by atoms with Gasteiger partial charge in [0.15, 0.2) is 0 Å². The van der Waals surface area contributed by atoms with Crippen LogP contribution in [0, 0.1) is 12.7 Å². The maximum Gasteiger partial charge on any atom is 0.254 e. The lowest BCUT2D eigenvalue weighted by Crippen LogP contribution is -2.58. The molecule has 1 aliphatic carbocycles. The van der Waals surface area contributed by atoms with E-state index in [2.05, 4.69) is 41.4 Å². The van der Waals surface area contributed by atoms with E-state index < -0.39 is 11.9 Å². The molecule has 2 fully saturated rings. The van der Waals surface area contributed by atoms with Crippen LogP contribution >= 0.6 is 11.3 Å². The van der Waals surface area contributed by atoms with Crippen LogP contribution in [0.4, 0.5) is 4.39 Å². The van der Waals surface area contributed by atoms with E-state index in [1.54, 1.807) is 23.3 Å². The Kier molecular flexibility index (Phi) is 9.92. The van der Waals surface area contributed by atoms with Gasteiger partial charge in [0.25, 0.3) is 5.91 Å². The first-order valence-corrected chi connectivity index (χ1v) is 15.7. The molecule has 2 atom stereocenters. The first-order valence-electron chi connectivity index (χ1n) is 14.8. The molecule has 2 heterocycles. The predicted molar refractivity (Wildman–Crippen MR) is 164 cm³/mol. The van der Waals surface area contributed by atoms with Crippen LogP contribution in [0.1, 0.15) is 64.2 Å². The number of nitrogens with two attached hydrogens (primary N) is 1. The van der Waals surface area contributed by atoms with Gasteiger partial charge in [0.05, 0.1) is 7.11 Å². The number of thiophene rings is 1. The van der Waals surface area contributed by atoms with E-state index in [-0.39, 0.29) is 29.9 Å². The van der Waals surface area contributed by atoms with Crippen molar-refractivity contribution in [1.29, 1.82) is 0 Å². The molecule has 3 aromatic rings. The third-order valence-electron chi connectivity index (χ3n) is 8.54. The number of ether oxygens (including phenoxy) is 1. The topological polar surface area (TPSA) is 87.9 Å². The van der Waals surface area contributed by atoms with Crippen LogP contribution in [0.25, 0.3) is 0 Å². The Labute approximate surface area is 251 Å². The van der Waals surface area contributed by atoms with Gasteiger partial charge < -0.3 is 20.7 Å². The van der Waals surface area contributed by atoms with Crippen molar-refractivity contribution in [2.45, 2.75) is 82.7 Å². The molecule has 3 N–H and O–H groups in total. The summed E-state index contributed by atoms with van der Waals surface area (Å²) in [4.78, 5) is 34.2. The summed E-state index contributed by atoms with van der Waals surface area (Å²) in [7, 11) is 1.67. The van der Waals surface area contributed by atoms with Gasteiger partial charge in [-0.2, -0.15) is 0 Å². The summed E-state index contributed by atoms with van der Waals surface area (Å²) < 4.78 is 19.1. The third kappa shape index (κ3) is 7.56. The second-order valence-electron chi connectivity index (χ2n) is 11.6. The van der Waals surface area contributed by atoms with E-state index in [4.69, 9.17) is 10.5 Å². The molecule has 1 aromatic heterocycles. The predicted octanol–water partition coefficient (Wildman–Crippen LogP) is 5.27. The van der Waals surface area contributed by atoms with Crippen molar-refractivity contribution in [1.82, 2.24) is 15.1 Å². The minimum absolute atomic E-state index is 0.0578. The van der Waals surface area contributed by atoms with Gasteiger partial charge in [0, 0.05) is 53.1 Å². The molecule has 42 heavy (non-hydrogen) atoms. The highest BCUT2D eigenvalue weighted by molar-refractivity contribution is 7.11. The zero-order valence-corrected chi connectivity index (χ0v) is 25.2. The molecule has 0 spiro atoms. The van der Waals surface area contributed by atoms with E-state index in [1.165, 1.54) is 34.0 Å². The molecular weight excluding hydrogens is 551 g/mol. The molecule has 0 bridgehead atoms.